The molecule has 1 aliphatic carbocycles. The van der Waals surface area contributed by atoms with E-state index in [0.29, 0.717) is 12.1 Å². The minimum absolute atomic E-state index is 0.333. The summed E-state index contributed by atoms with van der Waals surface area (Å²) < 4.78 is 0. The van der Waals surface area contributed by atoms with Crippen LogP contribution >= 0.6 is 0 Å². The van der Waals surface area contributed by atoms with Crippen LogP contribution < -0.4 is 5.32 Å². The molecule has 0 saturated carbocycles. The highest BCUT2D eigenvalue weighted by Gasteiger charge is 2.25. The van der Waals surface area contributed by atoms with Gasteiger partial charge in [-0.25, -0.2) is 0 Å². The van der Waals surface area contributed by atoms with Gasteiger partial charge in [0, 0.05) is 6.04 Å². The Morgan fingerprint density at radius 1 is 0.905 bits per heavy atom. The fraction of sp³-hybridized carbons (Fsp3) is 0.400. The van der Waals surface area contributed by atoms with Gasteiger partial charge in [-0.1, -0.05) is 62.4 Å². The van der Waals surface area contributed by atoms with Crippen LogP contribution in [0.25, 0.3) is 0 Å². The number of benzene rings is 2. The van der Waals surface area contributed by atoms with Gasteiger partial charge in [-0.3, -0.25) is 0 Å². The molecule has 0 radical (unpaired) electrons. The van der Waals surface area contributed by atoms with Crippen LogP contribution in [-0.2, 0) is 6.42 Å². The molecule has 1 N–H and O–H groups in total. The minimum atomic E-state index is 0.333. The third-order valence-electron chi connectivity index (χ3n) is 4.39. The predicted molar refractivity (Wildman–Crippen MR) is 89.6 cm³/mol. The molecule has 1 heteroatoms. The highest BCUT2D eigenvalue weighted by molar-refractivity contribution is 5.48. The lowest BCUT2D eigenvalue weighted by atomic mass is 9.82. The number of nitrogens with one attached hydrogen (secondary N) is 1. The largest absolute Gasteiger partial charge is 0.304 e. The van der Waals surface area contributed by atoms with Crippen LogP contribution in [0, 0.1) is 5.92 Å². The van der Waals surface area contributed by atoms with Crippen molar-refractivity contribution in [3.63, 3.8) is 0 Å². The van der Waals surface area contributed by atoms with Crippen LogP contribution in [0.2, 0.25) is 0 Å². The molecule has 0 amide bonds. The summed E-state index contributed by atoms with van der Waals surface area (Å²) in [6.07, 6.45) is 2.27. The van der Waals surface area contributed by atoms with E-state index in [-0.39, 0.29) is 0 Å². The monoisotopic (exact) mass is 279 g/mol. The van der Waals surface area contributed by atoms with Gasteiger partial charge in [-0.05, 0) is 47.9 Å². The van der Waals surface area contributed by atoms with Crippen molar-refractivity contribution < 1.29 is 0 Å². The predicted octanol–water partition coefficient (Wildman–Crippen LogP) is 4.70. The Kier molecular flexibility index (Phi) is 4.12. The van der Waals surface area contributed by atoms with Gasteiger partial charge in [-0.2, -0.15) is 0 Å². The number of rotatable bonds is 4. The van der Waals surface area contributed by atoms with Crippen LogP contribution in [0.1, 0.15) is 55.5 Å². The van der Waals surface area contributed by atoms with Crippen molar-refractivity contribution in [3.05, 3.63) is 70.8 Å². The summed E-state index contributed by atoms with van der Waals surface area (Å²) in [6.45, 7) is 6.89. The van der Waals surface area contributed by atoms with Gasteiger partial charge in [0.05, 0.1) is 6.04 Å². The summed E-state index contributed by atoms with van der Waals surface area (Å²) in [4.78, 5) is 0. The minimum Gasteiger partial charge on any atom is -0.304 e. The maximum absolute atomic E-state index is 3.86. The average Bonchev–Trinajstić information content (AvgIpc) is 2.46. The molecule has 1 unspecified atom stereocenters. The van der Waals surface area contributed by atoms with Gasteiger partial charge >= 0.3 is 0 Å². The third kappa shape index (κ3) is 3.03. The Morgan fingerprint density at radius 3 is 1.95 bits per heavy atom. The van der Waals surface area contributed by atoms with E-state index in [0.717, 1.165) is 12.3 Å². The molecule has 0 aromatic heterocycles. The van der Waals surface area contributed by atoms with E-state index in [1.165, 1.54) is 28.7 Å². The fourth-order valence-electron chi connectivity index (χ4n) is 3.57. The lowest BCUT2D eigenvalue weighted by molar-refractivity contribution is 0.414. The first-order valence-electron chi connectivity index (χ1n) is 8.07. The first kappa shape index (κ1) is 14.3. The van der Waals surface area contributed by atoms with Crippen molar-refractivity contribution in [3.8, 4) is 0 Å². The van der Waals surface area contributed by atoms with Crippen molar-refractivity contribution in [1.29, 1.82) is 0 Å². The molecule has 1 aliphatic rings. The molecule has 1 atom stereocenters. The van der Waals surface area contributed by atoms with Crippen LogP contribution in [-0.4, -0.2) is 6.04 Å². The zero-order valence-corrected chi connectivity index (χ0v) is 13.3. The molecule has 0 heterocycles. The zero-order chi connectivity index (χ0) is 14.8. The second-order valence-corrected chi connectivity index (χ2v) is 6.70. The fourth-order valence-corrected chi connectivity index (χ4v) is 3.57. The molecule has 0 spiro atoms. The Morgan fingerprint density at radius 2 is 1.43 bits per heavy atom. The molecule has 1 nitrogen and oxygen atoms in total. The van der Waals surface area contributed by atoms with E-state index < -0.39 is 0 Å². The number of hydrogen-bond acceptors (Lipinski definition) is 1. The van der Waals surface area contributed by atoms with E-state index in [2.05, 4.69) is 74.6 Å². The van der Waals surface area contributed by atoms with Gasteiger partial charge in [0.2, 0.25) is 0 Å². The second-order valence-electron chi connectivity index (χ2n) is 6.70. The summed E-state index contributed by atoms with van der Waals surface area (Å²) in [6, 6.07) is 18.6. The molecule has 0 aliphatic heterocycles. The van der Waals surface area contributed by atoms with Crippen molar-refractivity contribution in [2.75, 3.05) is 0 Å². The highest BCUT2D eigenvalue weighted by atomic mass is 14.9. The molecule has 3 rings (SSSR count). The molecule has 110 valence electrons. The molecule has 2 aromatic carbocycles. The van der Waals surface area contributed by atoms with Crippen molar-refractivity contribution in [2.45, 2.75) is 45.7 Å². The number of fused-ring (bicyclic) bond motifs is 2. The topological polar surface area (TPSA) is 12.0 Å². The molecular formula is C20H25N. The summed E-state index contributed by atoms with van der Waals surface area (Å²) in [5.74, 6) is 0.724. The highest BCUT2D eigenvalue weighted by Crippen LogP contribution is 2.35. The summed E-state index contributed by atoms with van der Waals surface area (Å²) in [7, 11) is 0. The summed E-state index contributed by atoms with van der Waals surface area (Å²) >= 11 is 0. The first-order valence-corrected chi connectivity index (χ1v) is 8.07. The Bertz CT molecular complexity index is 569. The van der Waals surface area contributed by atoms with E-state index >= 15 is 0 Å². The number of hydrogen-bond donors (Lipinski definition) is 1. The second kappa shape index (κ2) is 6.03. The van der Waals surface area contributed by atoms with Crippen LogP contribution in [0.15, 0.2) is 48.5 Å². The normalized spacial score (nSPS) is 15.6. The maximum atomic E-state index is 3.86. The van der Waals surface area contributed by atoms with E-state index in [9.17, 15) is 0 Å². The molecule has 0 fully saturated rings. The summed E-state index contributed by atoms with van der Waals surface area (Å²) in [5, 5.41) is 3.86. The molecule has 0 bridgehead atoms. The zero-order valence-electron chi connectivity index (χ0n) is 13.3. The van der Waals surface area contributed by atoms with Crippen LogP contribution in [0.4, 0.5) is 0 Å². The smallest absolute Gasteiger partial charge is 0.0584 e. The Hall–Kier alpha value is -1.60. The maximum Gasteiger partial charge on any atom is 0.0584 e. The quantitative estimate of drug-likeness (QED) is 0.855. The van der Waals surface area contributed by atoms with Gasteiger partial charge in [-0.15, -0.1) is 0 Å². The average molecular weight is 279 g/mol. The lowest BCUT2D eigenvalue weighted by Crippen LogP contribution is -2.34. The molecular weight excluding hydrogens is 254 g/mol. The first-order chi connectivity index (χ1) is 10.1. The summed E-state index contributed by atoms with van der Waals surface area (Å²) in [5.41, 5.74) is 5.83. The van der Waals surface area contributed by atoms with Gasteiger partial charge in [0.15, 0.2) is 0 Å². The molecule has 21 heavy (non-hydrogen) atoms. The van der Waals surface area contributed by atoms with E-state index in [1.807, 2.05) is 0 Å². The molecule has 0 saturated heterocycles. The van der Waals surface area contributed by atoms with E-state index in [1.54, 1.807) is 0 Å². The van der Waals surface area contributed by atoms with Crippen molar-refractivity contribution >= 4 is 0 Å². The van der Waals surface area contributed by atoms with Crippen LogP contribution in [0.3, 0.4) is 0 Å². The van der Waals surface area contributed by atoms with Gasteiger partial charge in [0.25, 0.3) is 0 Å². The van der Waals surface area contributed by atoms with Crippen LogP contribution in [0.5, 0.6) is 0 Å². The van der Waals surface area contributed by atoms with Gasteiger partial charge < -0.3 is 5.32 Å². The Balaban J connectivity index is 1.95. The standard InChI is InChI=1S/C20H25N/c1-14(2)12-15(3)21-20-18-10-6-4-8-16(18)13-17-9-5-7-11-19(17)20/h4-11,14-15,20-21H,12-13H2,1-3H3. The SMILES string of the molecule is CC(C)CC(C)NC1c2ccccc2Cc2ccccc21. The lowest BCUT2D eigenvalue weighted by Gasteiger charge is -2.32. The van der Waals surface area contributed by atoms with Crippen molar-refractivity contribution in [2.24, 2.45) is 5.92 Å². The van der Waals surface area contributed by atoms with Crippen molar-refractivity contribution in [1.82, 2.24) is 5.32 Å². The van der Waals surface area contributed by atoms with E-state index in [4.69, 9.17) is 0 Å². The van der Waals surface area contributed by atoms with Gasteiger partial charge in [0.1, 0.15) is 0 Å². The molecule has 2 aromatic rings. The Labute approximate surface area is 128 Å². The third-order valence-corrected chi connectivity index (χ3v) is 4.39.